The molecule has 0 saturated heterocycles. The highest BCUT2D eigenvalue weighted by molar-refractivity contribution is 7.99. The van der Waals surface area contributed by atoms with Gasteiger partial charge in [-0.3, -0.25) is 0 Å². The molecule has 0 spiro atoms. The Morgan fingerprint density at radius 1 is 0.304 bits per heavy atom. The lowest BCUT2D eigenvalue weighted by molar-refractivity contribution is 0.449. The number of hydrogen-bond acceptors (Lipinski definition) is 9. The molecule has 0 unspecified atom stereocenters. The fourth-order valence-electron chi connectivity index (χ4n) is 11.5. The first-order valence-electron chi connectivity index (χ1n) is 23.0. The third-order valence-electron chi connectivity index (χ3n) is 14.6. The lowest BCUT2D eigenvalue weighted by Crippen LogP contribution is -2.63. The molecule has 0 bridgehead atoms. The minimum atomic E-state index is -0.201. The highest BCUT2D eigenvalue weighted by atomic mass is 32.2. The van der Waals surface area contributed by atoms with Gasteiger partial charge < -0.3 is 29.0 Å². The van der Waals surface area contributed by atoms with Gasteiger partial charge in [-0.05, 0) is 128 Å². The van der Waals surface area contributed by atoms with E-state index in [4.69, 9.17) is 23.7 Å². The molecular weight excluding hydrogens is 907 g/mol. The summed E-state index contributed by atoms with van der Waals surface area (Å²) < 4.78 is 34.8. The smallest absolute Gasteiger partial charge is 0.260 e. The van der Waals surface area contributed by atoms with E-state index in [9.17, 15) is 0 Å². The van der Waals surface area contributed by atoms with Gasteiger partial charge in [0.25, 0.3) is 20.1 Å². The van der Waals surface area contributed by atoms with Crippen molar-refractivity contribution in [2.75, 3.05) is 24.1 Å². The molecule has 9 aromatic rings. The standard InChI is InChI=1S/C57H36B3NO5S3/c1-67-34-20-44-55-50(21-34)62-45-18-32(30-10-6-4-7-11-30)14-16-37(45)58(55)39-26-40-47(28-43(39)61-44)64-53-24-36(69-3)25-54-57(53)60(40)42-27-41-48(29-49(42)66-54)65-52-23-35(68-2)22-51-56(52)59(41)38-17-15-33(19-46(38)63-51)31-12-8-5-9-13-31/h4-29,61H,1-3H3. The van der Waals surface area contributed by atoms with Crippen LogP contribution in [0, 0.1) is 0 Å². The number of fused-ring (bicyclic) bond motifs is 12. The van der Waals surface area contributed by atoms with E-state index in [1.54, 1.807) is 35.3 Å². The molecule has 0 fully saturated rings. The normalized spacial score (nSPS) is 13.9. The van der Waals surface area contributed by atoms with E-state index in [0.29, 0.717) is 0 Å². The number of benzene rings is 9. The second-order valence-electron chi connectivity index (χ2n) is 18.2. The van der Waals surface area contributed by atoms with E-state index >= 15 is 0 Å². The SMILES string of the molecule is CSc1cc2c3c(c1)Oc1cc(-c4ccccc4)ccc1B3c1cc3c(cc1N2)Oc1cc(SC)cc2c1B3c1cc3c(cc1O2)Oc1cc(SC)cc2c1B3c1ccc(-c3ccccc3)cc1O2. The molecule has 6 aliphatic heterocycles. The number of ether oxygens (including phenoxy) is 5. The van der Waals surface area contributed by atoms with Crippen molar-refractivity contribution in [2.24, 2.45) is 0 Å². The number of thioether (sulfide) groups is 3. The molecule has 326 valence electrons. The first-order chi connectivity index (χ1) is 34.0. The van der Waals surface area contributed by atoms with Crippen LogP contribution in [0.2, 0.25) is 0 Å². The lowest BCUT2D eigenvalue weighted by atomic mass is 9.30. The van der Waals surface area contributed by atoms with E-state index in [-0.39, 0.29) is 20.1 Å². The largest absolute Gasteiger partial charge is 0.458 e. The van der Waals surface area contributed by atoms with Crippen molar-refractivity contribution >= 4 is 116 Å². The Kier molecular flexibility index (Phi) is 8.69. The number of anilines is 2. The van der Waals surface area contributed by atoms with Crippen LogP contribution in [0.3, 0.4) is 0 Å². The summed E-state index contributed by atoms with van der Waals surface area (Å²) in [6.07, 6.45) is 6.30. The van der Waals surface area contributed by atoms with E-state index < -0.39 is 0 Å². The lowest BCUT2D eigenvalue weighted by Gasteiger charge is -2.38. The first kappa shape index (κ1) is 40.0. The number of hydrogen-bond donors (Lipinski definition) is 1. The van der Waals surface area contributed by atoms with Crippen molar-refractivity contribution in [3.8, 4) is 79.7 Å². The van der Waals surface area contributed by atoms with E-state index in [2.05, 4.69) is 182 Å². The average Bonchev–Trinajstić information content (AvgIpc) is 3.39. The Bertz CT molecular complexity index is 3510. The molecule has 69 heavy (non-hydrogen) atoms. The zero-order valence-corrected chi connectivity index (χ0v) is 40.0. The van der Waals surface area contributed by atoms with Gasteiger partial charge >= 0.3 is 0 Å². The monoisotopic (exact) mass is 943 g/mol. The molecule has 6 nitrogen and oxygen atoms in total. The van der Waals surface area contributed by atoms with Crippen molar-refractivity contribution in [2.45, 2.75) is 14.7 Å². The Labute approximate surface area is 413 Å². The molecule has 0 saturated carbocycles. The number of rotatable bonds is 5. The second kappa shape index (κ2) is 15.0. The Morgan fingerprint density at radius 3 is 1.17 bits per heavy atom. The van der Waals surface area contributed by atoms with Gasteiger partial charge in [-0.2, -0.15) is 0 Å². The predicted molar refractivity (Wildman–Crippen MR) is 289 cm³/mol. The van der Waals surface area contributed by atoms with E-state index in [0.717, 1.165) is 150 Å². The summed E-state index contributed by atoms with van der Waals surface area (Å²) in [7, 11) is 0. The van der Waals surface area contributed by atoms with Crippen molar-refractivity contribution in [1.29, 1.82) is 0 Å². The summed E-state index contributed by atoms with van der Waals surface area (Å²) in [4.78, 5) is 3.28. The van der Waals surface area contributed by atoms with Gasteiger partial charge in [0, 0.05) is 49.1 Å². The van der Waals surface area contributed by atoms with Crippen molar-refractivity contribution in [1.82, 2.24) is 0 Å². The van der Waals surface area contributed by atoms with Crippen LogP contribution in [-0.4, -0.2) is 38.9 Å². The maximum Gasteiger partial charge on any atom is 0.260 e. The van der Waals surface area contributed by atoms with Gasteiger partial charge in [0.15, 0.2) is 0 Å². The van der Waals surface area contributed by atoms with Crippen molar-refractivity contribution < 1.29 is 23.7 Å². The fraction of sp³-hybridized carbons (Fsp3) is 0.0526. The van der Waals surface area contributed by atoms with Gasteiger partial charge in [0.1, 0.15) is 57.5 Å². The summed E-state index contributed by atoms with van der Waals surface area (Å²) in [6.45, 7) is -0.424. The fourth-order valence-corrected chi connectivity index (χ4v) is 12.9. The summed E-state index contributed by atoms with van der Waals surface area (Å²) >= 11 is 5.08. The van der Waals surface area contributed by atoms with Crippen molar-refractivity contribution in [3.63, 3.8) is 0 Å². The van der Waals surface area contributed by atoms with Crippen LogP contribution in [0.15, 0.2) is 172 Å². The molecule has 6 heterocycles. The summed E-state index contributed by atoms with van der Waals surface area (Å²) in [5.41, 5.74) is 16.5. The Hall–Kier alpha value is -6.98. The van der Waals surface area contributed by atoms with Gasteiger partial charge in [-0.15, -0.1) is 35.3 Å². The minimum Gasteiger partial charge on any atom is -0.458 e. The zero-order chi connectivity index (χ0) is 45.6. The molecule has 9 aromatic carbocycles. The summed E-state index contributed by atoms with van der Waals surface area (Å²) in [5.74, 6) is 8.22. The van der Waals surface area contributed by atoms with E-state index in [1.807, 2.05) is 0 Å². The van der Waals surface area contributed by atoms with Gasteiger partial charge in [0.05, 0.1) is 0 Å². The molecule has 0 aliphatic carbocycles. The molecule has 12 heteroatoms. The molecule has 0 atom stereocenters. The first-order valence-corrected chi connectivity index (χ1v) is 26.7. The van der Waals surface area contributed by atoms with Crippen LogP contribution < -0.4 is 78.2 Å². The predicted octanol–water partition coefficient (Wildman–Crippen LogP) is 9.32. The van der Waals surface area contributed by atoms with Crippen molar-refractivity contribution in [3.05, 3.63) is 158 Å². The quantitative estimate of drug-likeness (QED) is 0.135. The van der Waals surface area contributed by atoms with E-state index in [1.165, 1.54) is 5.46 Å². The maximum absolute atomic E-state index is 7.06. The van der Waals surface area contributed by atoms with Gasteiger partial charge in [-0.1, -0.05) is 97.1 Å². The van der Waals surface area contributed by atoms with Crippen LogP contribution in [-0.2, 0) is 0 Å². The molecule has 15 rings (SSSR count). The van der Waals surface area contributed by atoms with Crippen LogP contribution in [0.1, 0.15) is 0 Å². The molecule has 0 radical (unpaired) electrons. The molecular formula is C57H36B3NO5S3. The second-order valence-corrected chi connectivity index (χ2v) is 20.9. The van der Waals surface area contributed by atoms with Gasteiger partial charge in [-0.25, -0.2) is 0 Å². The zero-order valence-electron chi connectivity index (χ0n) is 37.5. The Balaban J connectivity index is 0.931. The molecule has 0 aromatic heterocycles. The third-order valence-corrected chi connectivity index (χ3v) is 16.8. The number of nitrogens with one attached hydrogen (secondary N) is 1. The highest BCUT2D eigenvalue weighted by Gasteiger charge is 2.47. The highest BCUT2D eigenvalue weighted by Crippen LogP contribution is 2.44. The Morgan fingerprint density at radius 2 is 0.696 bits per heavy atom. The third kappa shape index (κ3) is 5.95. The maximum atomic E-state index is 7.06. The van der Waals surface area contributed by atoms with Crippen LogP contribution in [0.25, 0.3) is 22.3 Å². The topological polar surface area (TPSA) is 58.2 Å². The minimum absolute atomic E-state index is 0.0855. The van der Waals surface area contributed by atoms with Crippen LogP contribution in [0.4, 0.5) is 11.4 Å². The molecule has 6 aliphatic rings. The summed E-state index contributed by atoms with van der Waals surface area (Å²) in [5, 5.41) is 3.87. The average molecular weight is 944 g/mol. The molecule has 1 N–H and O–H groups in total. The summed E-state index contributed by atoms with van der Waals surface area (Å²) in [6, 6.07) is 56.5. The van der Waals surface area contributed by atoms with Gasteiger partial charge in [0.2, 0.25) is 0 Å². The molecule has 0 amide bonds. The van der Waals surface area contributed by atoms with Crippen LogP contribution in [0.5, 0.6) is 57.5 Å². The van der Waals surface area contributed by atoms with Crippen LogP contribution >= 0.6 is 35.3 Å².